The van der Waals surface area contributed by atoms with Gasteiger partial charge in [-0.15, -0.1) is 0 Å². The summed E-state index contributed by atoms with van der Waals surface area (Å²) in [4.78, 5) is 0. The Morgan fingerprint density at radius 1 is 0.465 bits per heavy atom. The topological polar surface area (TPSA) is 70.6 Å². The zero-order valence-electron chi connectivity index (χ0n) is 22.7. The van der Waals surface area contributed by atoms with E-state index in [2.05, 4.69) is 112 Å². The quantitative estimate of drug-likeness (QED) is 0.216. The van der Waals surface area contributed by atoms with Crippen molar-refractivity contribution in [1.29, 1.82) is 10.5 Å². The minimum atomic E-state index is 0.450. The Balaban J connectivity index is 1.40. The normalized spacial score (nSPS) is 11.7. The highest BCUT2D eigenvalue weighted by atomic mass is 16.3. The number of furan rings is 1. The third-order valence-electron chi connectivity index (χ3n) is 8.58. The number of aromatic nitrogens is 2. The zero-order valence-corrected chi connectivity index (χ0v) is 22.7. The van der Waals surface area contributed by atoms with Gasteiger partial charge >= 0.3 is 0 Å². The number of nitriles is 2. The van der Waals surface area contributed by atoms with Crippen molar-refractivity contribution in [3.8, 4) is 23.5 Å². The molecule has 0 aliphatic carbocycles. The summed E-state index contributed by atoms with van der Waals surface area (Å²) in [5.74, 6) is 0. The predicted molar refractivity (Wildman–Crippen MR) is 172 cm³/mol. The third kappa shape index (κ3) is 3.08. The maximum Gasteiger partial charge on any atom is 0.155 e. The monoisotopic (exact) mass is 548 g/mol. The van der Waals surface area contributed by atoms with Gasteiger partial charge in [0.25, 0.3) is 0 Å². The lowest BCUT2D eigenvalue weighted by atomic mass is 10.0. The molecule has 0 radical (unpaired) electrons. The van der Waals surface area contributed by atoms with Crippen LogP contribution in [0.3, 0.4) is 0 Å². The summed E-state index contributed by atoms with van der Waals surface area (Å²) in [6, 6.07) is 46.0. The number of rotatable bonds is 2. The first-order valence-corrected chi connectivity index (χ1v) is 14.1. The first-order valence-electron chi connectivity index (χ1n) is 14.1. The van der Waals surface area contributed by atoms with E-state index in [4.69, 9.17) is 4.42 Å². The third-order valence-corrected chi connectivity index (χ3v) is 8.58. The second kappa shape index (κ2) is 8.60. The van der Waals surface area contributed by atoms with Crippen molar-refractivity contribution in [2.45, 2.75) is 0 Å². The average Bonchev–Trinajstić information content (AvgIpc) is 3.71. The Labute approximate surface area is 245 Å². The molecule has 5 heteroatoms. The van der Waals surface area contributed by atoms with Crippen LogP contribution in [0, 0.1) is 22.7 Å². The van der Waals surface area contributed by atoms with Gasteiger partial charge in [0.05, 0.1) is 27.6 Å². The van der Waals surface area contributed by atoms with Gasteiger partial charge in [-0.2, -0.15) is 10.5 Å². The van der Waals surface area contributed by atoms with Crippen molar-refractivity contribution < 1.29 is 4.42 Å². The molecule has 43 heavy (non-hydrogen) atoms. The Hall–Kier alpha value is -6.30. The van der Waals surface area contributed by atoms with Crippen LogP contribution < -0.4 is 0 Å². The van der Waals surface area contributed by atoms with Gasteiger partial charge in [0.2, 0.25) is 0 Å². The second-order valence-electron chi connectivity index (χ2n) is 10.8. The summed E-state index contributed by atoms with van der Waals surface area (Å²) >= 11 is 0. The Morgan fingerprint density at radius 2 is 1.02 bits per heavy atom. The summed E-state index contributed by atoms with van der Waals surface area (Å²) in [6.07, 6.45) is 0. The first kappa shape index (κ1) is 23.4. The van der Waals surface area contributed by atoms with Crippen molar-refractivity contribution >= 4 is 65.6 Å². The molecule has 6 aromatic carbocycles. The van der Waals surface area contributed by atoms with Crippen molar-refractivity contribution in [2.24, 2.45) is 0 Å². The second-order valence-corrected chi connectivity index (χ2v) is 10.8. The molecule has 0 bridgehead atoms. The molecule has 0 saturated carbocycles. The SMILES string of the molecule is N#Cc1cccc2c1oc1c(C#N)c3c(cc12)c1ccccc1n3-c1cccc(-n2c3ccccc3c3ccccc32)c1. The van der Waals surface area contributed by atoms with E-state index in [9.17, 15) is 10.5 Å². The zero-order chi connectivity index (χ0) is 28.7. The number of para-hydroxylation sites is 4. The lowest BCUT2D eigenvalue weighted by Crippen LogP contribution is -1.99. The summed E-state index contributed by atoms with van der Waals surface area (Å²) in [5.41, 5.74) is 7.94. The molecule has 9 aromatic rings. The van der Waals surface area contributed by atoms with E-state index in [1.165, 1.54) is 10.8 Å². The number of hydrogen-bond donors (Lipinski definition) is 0. The highest BCUT2D eigenvalue weighted by Gasteiger charge is 2.23. The van der Waals surface area contributed by atoms with E-state index in [0.29, 0.717) is 22.3 Å². The van der Waals surface area contributed by atoms with E-state index in [1.54, 1.807) is 6.07 Å². The Bertz CT molecular complexity index is 2650. The van der Waals surface area contributed by atoms with Gasteiger partial charge in [-0.1, -0.05) is 72.8 Å². The highest BCUT2D eigenvalue weighted by molar-refractivity contribution is 6.20. The van der Waals surface area contributed by atoms with Crippen molar-refractivity contribution in [1.82, 2.24) is 9.13 Å². The fraction of sp³-hybridized carbons (Fsp3) is 0. The molecule has 9 rings (SSSR count). The molecule has 0 amide bonds. The van der Waals surface area contributed by atoms with Crippen LogP contribution in [0.25, 0.3) is 76.9 Å². The summed E-state index contributed by atoms with van der Waals surface area (Å²) in [6.45, 7) is 0. The van der Waals surface area contributed by atoms with Crippen LogP contribution in [0.5, 0.6) is 0 Å². The van der Waals surface area contributed by atoms with Crippen LogP contribution in [0.1, 0.15) is 11.1 Å². The van der Waals surface area contributed by atoms with E-state index in [-0.39, 0.29) is 0 Å². The molecule has 3 aromatic heterocycles. The summed E-state index contributed by atoms with van der Waals surface area (Å²) < 4.78 is 10.8. The summed E-state index contributed by atoms with van der Waals surface area (Å²) in [5, 5.41) is 26.4. The minimum Gasteiger partial charge on any atom is -0.453 e. The van der Waals surface area contributed by atoms with Gasteiger partial charge in [-0.05, 0) is 48.5 Å². The molecule has 0 spiro atoms. The lowest BCUT2D eigenvalue weighted by Gasteiger charge is -2.13. The van der Waals surface area contributed by atoms with Crippen molar-refractivity contribution in [2.75, 3.05) is 0 Å². The molecule has 198 valence electrons. The molecule has 0 saturated heterocycles. The van der Waals surface area contributed by atoms with Crippen molar-refractivity contribution in [3.05, 3.63) is 132 Å². The highest BCUT2D eigenvalue weighted by Crippen LogP contribution is 2.42. The van der Waals surface area contributed by atoms with Crippen LogP contribution in [-0.4, -0.2) is 9.13 Å². The van der Waals surface area contributed by atoms with Crippen LogP contribution >= 0.6 is 0 Å². The number of nitrogens with zero attached hydrogens (tertiary/aromatic N) is 4. The maximum atomic E-state index is 10.6. The van der Waals surface area contributed by atoms with E-state index >= 15 is 0 Å². The molecule has 0 N–H and O–H groups in total. The fourth-order valence-electron chi connectivity index (χ4n) is 6.81. The van der Waals surface area contributed by atoms with Gasteiger partial charge in [0.1, 0.15) is 17.7 Å². The van der Waals surface area contributed by atoms with Gasteiger partial charge in [0, 0.05) is 43.7 Å². The lowest BCUT2D eigenvalue weighted by molar-refractivity contribution is 0.667. The van der Waals surface area contributed by atoms with Gasteiger partial charge in [-0.25, -0.2) is 0 Å². The molecule has 0 atom stereocenters. The van der Waals surface area contributed by atoms with Crippen LogP contribution in [0.15, 0.2) is 126 Å². The van der Waals surface area contributed by atoms with Crippen LogP contribution in [-0.2, 0) is 0 Å². The molecular formula is C38H20N4O. The molecule has 0 aliphatic rings. The smallest absolute Gasteiger partial charge is 0.155 e. The largest absolute Gasteiger partial charge is 0.453 e. The average molecular weight is 549 g/mol. The summed E-state index contributed by atoms with van der Waals surface area (Å²) in [7, 11) is 0. The molecular weight excluding hydrogens is 528 g/mol. The number of benzene rings is 6. The standard InChI is InChI=1S/C38H20N4O/c39-21-23-9-7-15-29-31-20-30-28-14-3-6-18-35(28)42(36(30)32(22-40)38(31)43-37(23)29)25-11-8-10-24(19-25)41-33-16-4-1-12-26(33)27-13-2-5-17-34(27)41/h1-20H. The molecule has 3 heterocycles. The molecule has 0 aliphatic heterocycles. The van der Waals surface area contributed by atoms with E-state index < -0.39 is 0 Å². The number of hydrogen-bond acceptors (Lipinski definition) is 3. The molecule has 0 fully saturated rings. The van der Waals surface area contributed by atoms with Gasteiger partial charge in [0.15, 0.2) is 11.2 Å². The van der Waals surface area contributed by atoms with E-state index in [1.807, 2.05) is 24.3 Å². The van der Waals surface area contributed by atoms with Crippen LogP contribution in [0.2, 0.25) is 0 Å². The predicted octanol–water partition coefficient (Wildman–Crippen LogP) is 9.52. The maximum absolute atomic E-state index is 10.6. The van der Waals surface area contributed by atoms with Crippen LogP contribution in [0.4, 0.5) is 0 Å². The molecule has 5 nitrogen and oxygen atoms in total. The van der Waals surface area contributed by atoms with E-state index in [0.717, 1.165) is 55.0 Å². The Kier molecular flexibility index (Phi) is 4.68. The van der Waals surface area contributed by atoms with Gasteiger partial charge in [-0.3, -0.25) is 0 Å². The number of fused-ring (bicyclic) bond motifs is 9. The Morgan fingerprint density at radius 3 is 1.67 bits per heavy atom. The fourth-order valence-corrected chi connectivity index (χ4v) is 6.81. The van der Waals surface area contributed by atoms with Gasteiger partial charge < -0.3 is 13.6 Å². The first-order chi connectivity index (χ1) is 21.3. The molecule has 0 unspecified atom stereocenters. The minimum absolute atomic E-state index is 0.450. The van der Waals surface area contributed by atoms with Crippen molar-refractivity contribution in [3.63, 3.8) is 0 Å².